The lowest BCUT2D eigenvalue weighted by Crippen LogP contribution is -2.46. The van der Waals surface area contributed by atoms with E-state index in [9.17, 15) is 30.3 Å². The number of esters is 1. The van der Waals surface area contributed by atoms with Gasteiger partial charge < -0.3 is 39.7 Å². The average Bonchev–Trinajstić information content (AvgIpc) is 3.05. The molecular formula is C39H64O9. The zero-order valence-electron chi connectivity index (χ0n) is 31.0. The number of ether oxygens (including phenoxy) is 3. The summed E-state index contributed by atoms with van der Waals surface area (Å²) < 4.78 is 17.3. The Morgan fingerprint density at radius 2 is 1.65 bits per heavy atom. The first kappa shape index (κ1) is 43.5. The molecule has 0 amide bonds. The van der Waals surface area contributed by atoms with E-state index in [-0.39, 0.29) is 29.4 Å². The molecule has 9 nitrogen and oxygen atoms in total. The average molecular weight is 677 g/mol. The Hall–Kier alpha value is -2.53. The lowest BCUT2D eigenvalue weighted by atomic mass is 9.79. The summed E-state index contributed by atoms with van der Waals surface area (Å²) in [5, 5.41) is 55.1. The van der Waals surface area contributed by atoms with Crippen LogP contribution in [0.1, 0.15) is 75.2 Å². The van der Waals surface area contributed by atoms with E-state index >= 15 is 0 Å². The third-order valence-corrected chi connectivity index (χ3v) is 9.62. The van der Waals surface area contributed by atoms with E-state index in [1.165, 1.54) is 20.3 Å². The summed E-state index contributed by atoms with van der Waals surface area (Å²) in [5.41, 5.74) is 1.67. The van der Waals surface area contributed by atoms with Crippen LogP contribution >= 0.6 is 0 Å². The number of cyclic esters (lactones) is 1. The van der Waals surface area contributed by atoms with Gasteiger partial charge in [0.15, 0.2) is 0 Å². The number of aliphatic hydroxyl groups excluding tert-OH is 5. The first-order valence-corrected chi connectivity index (χ1v) is 17.3. The molecule has 1 heterocycles. The van der Waals surface area contributed by atoms with Crippen molar-refractivity contribution in [1.82, 2.24) is 0 Å². The largest absolute Gasteiger partial charge is 0.490 e. The van der Waals surface area contributed by atoms with Gasteiger partial charge in [-0.25, -0.2) is 4.79 Å². The van der Waals surface area contributed by atoms with E-state index in [0.29, 0.717) is 18.4 Å². The van der Waals surface area contributed by atoms with Crippen LogP contribution in [0, 0.1) is 35.5 Å². The van der Waals surface area contributed by atoms with Crippen LogP contribution in [0.5, 0.6) is 0 Å². The number of carbonyl (C=O) groups is 1. The predicted molar refractivity (Wildman–Crippen MR) is 191 cm³/mol. The van der Waals surface area contributed by atoms with Crippen molar-refractivity contribution < 1.29 is 44.5 Å². The predicted octanol–water partition coefficient (Wildman–Crippen LogP) is 5.44. The Labute approximate surface area is 289 Å². The maximum Gasteiger partial charge on any atom is 0.373 e. The van der Waals surface area contributed by atoms with Gasteiger partial charge in [0.2, 0.25) is 5.76 Å². The molecule has 0 saturated carbocycles. The zero-order valence-corrected chi connectivity index (χ0v) is 31.0. The highest BCUT2D eigenvalue weighted by Crippen LogP contribution is 2.30. The molecule has 9 heteroatoms. The van der Waals surface area contributed by atoms with Crippen LogP contribution in [0.2, 0.25) is 0 Å². The smallest absolute Gasteiger partial charge is 0.373 e. The van der Waals surface area contributed by atoms with Gasteiger partial charge >= 0.3 is 5.97 Å². The Bertz CT molecular complexity index is 1150. The molecule has 0 aromatic rings. The highest BCUT2D eigenvalue weighted by molar-refractivity contribution is 5.87. The van der Waals surface area contributed by atoms with Crippen LogP contribution in [-0.2, 0) is 19.0 Å². The number of hydrogen-bond acceptors (Lipinski definition) is 9. The minimum Gasteiger partial charge on any atom is -0.490 e. The fourth-order valence-corrected chi connectivity index (χ4v) is 6.30. The van der Waals surface area contributed by atoms with Crippen molar-refractivity contribution in [3.63, 3.8) is 0 Å². The molecule has 48 heavy (non-hydrogen) atoms. The number of methoxy groups -OCH3 is 2. The Morgan fingerprint density at radius 3 is 2.21 bits per heavy atom. The molecule has 0 fully saturated rings. The molecule has 1 aliphatic rings. The van der Waals surface area contributed by atoms with Gasteiger partial charge in [-0.15, -0.1) is 0 Å². The molecule has 5 N–H and O–H groups in total. The van der Waals surface area contributed by atoms with Crippen molar-refractivity contribution in [2.75, 3.05) is 14.2 Å². The summed E-state index contributed by atoms with van der Waals surface area (Å²) in [4.78, 5) is 13.6. The quantitative estimate of drug-likeness (QED) is 0.143. The Balaban J connectivity index is 3.58. The number of aliphatic hydroxyl groups is 5. The molecule has 1 rings (SSSR count). The molecule has 0 bridgehead atoms. The van der Waals surface area contributed by atoms with Crippen LogP contribution in [0.25, 0.3) is 0 Å². The minimum atomic E-state index is -1.12. The third-order valence-electron chi connectivity index (χ3n) is 9.62. The van der Waals surface area contributed by atoms with Gasteiger partial charge in [0.1, 0.15) is 12.2 Å². The second-order valence-electron chi connectivity index (χ2n) is 13.6. The first-order chi connectivity index (χ1) is 22.5. The maximum absolute atomic E-state index is 13.6. The van der Waals surface area contributed by atoms with Crippen molar-refractivity contribution >= 4 is 5.97 Å². The lowest BCUT2D eigenvalue weighted by Gasteiger charge is -2.35. The molecule has 0 aliphatic carbocycles. The summed E-state index contributed by atoms with van der Waals surface area (Å²) in [5.74, 6) is -3.21. The molecule has 0 aromatic heterocycles. The molecule has 0 aromatic carbocycles. The SMILES string of the molecule is CC=CC(O)C(C)C=CC(O)C(C)C(O)C(C)C1OC(=O)C(OC)=CC(C)=CC(C)C(O)C(CC)C(O)C(C)CC(C)=CC=CC1OC. The first-order valence-electron chi connectivity index (χ1n) is 17.3. The Kier molecular flexibility index (Phi) is 19.5. The van der Waals surface area contributed by atoms with Gasteiger partial charge in [0.05, 0.1) is 37.6 Å². The topological polar surface area (TPSA) is 146 Å². The van der Waals surface area contributed by atoms with E-state index in [1.54, 1.807) is 57.2 Å². The molecule has 13 atom stereocenters. The monoisotopic (exact) mass is 676 g/mol. The van der Waals surface area contributed by atoms with Crippen molar-refractivity contribution in [1.29, 1.82) is 0 Å². The van der Waals surface area contributed by atoms with E-state index in [2.05, 4.69) is 0 Å². The molecule has 274 valence electrons. The van der Waals surface area contributed by atoms with Gasteiger partial charge in [0.25, 0.3) is 0 Å². The standard InChI is InChI=1S/C39H64O9/c1-12-15-31(40)25(5)18-19-32(41)28(8)37(44)29(9)38-33(46-10)17-14-16-23(3)20-26(6)35(42)30(13-2)36(43)27(7)21-24(4)22-34(47-11)39(45)48-38/h12,14-19,21-22,25-33,35-38,40-44H,13,20H2,1-11H3. The van der Waals surface area contributed by atoms with Crippen LogP contribution < -0.4 is 0 Å². The van der Waals surface area contributed by atoms with Crippen molar-refractivity contribution in [2.45, 2.75) is 118 Å². The summed E-state index contributed by atoms with van der Waals surface area (Å²) in [6.07, 6.45) is 10.6. The summed E-state index contributed by atoms with van der Waals surface area (Å²) in [7, 11) is 2.86. The van der Waals surface area contributed by atoms with Crippen molar-refractivity contribution in [3.8, 4) is 0 Å². The minimum absolute atomic E-state index is 0.0711. The van der Waals surface area contributed by atoms with Gasteiger partial charge in [-0.05, 0) is 45.6 Å². The molecule has 0 saturated heterocycles. The van der Waals surface area contributed by atoms with Crippen molar-refractivity contribution in [3.05, 3.63) is 71.6 Å². The third kappa shape index (κ3) is 13.1. The molecule has 1 aliphatic heterocycles. The highest BCUT2D eigenvalue weighted by atomic mass is 16.6. The van der Waals surface area contributed by atoms with Crippen LogP contribution in [0.3, 0.4) is 0 Å². The molecule has 0 spiro atoms. The molecule has 0 radical (unpaired) electrons. The van der Waals surface area contributed by atoms with Crippen LogP contribution in [-0.4, -0.2) is 88.4 Å². The lowest BCUT2D eigenvalue weighted by molar-refractivity contribution is -0.162. The molecular weight excluding hydrogens is 612 g/mol. The number of carbonyl (C=O) groups excluding carboxylic acids is 1. The maximum atomic E-state index is 13.6. The Morgan fingerprint density at radius 1 is 1.00 bits per heavy atom. The van der Waals surface area contributed by atoms with E-state index in [4.69, 9.17) is 14.2 Å². The fraction of sp³-hybridized carbons (Fsp3) is 0.667. The van der Waals surface area contributed by atoms with Crippen LogP contribution in [0.15, 0.2) is 71.6 Å². The van der Waals surface area contributed by atoms with Crippen LogP contribution in [0.4, 0.5) is 0 Å². The fourth-order valence-electron chi connectivity index (χ4n) is 6.30. The number of hydrogen-bond donors (Lipinski definition) is 5. The van der Waals surface area contributed by atoms with E-state index in [0.717, 1.165) is 5.57 Å². The summed E-state index contributed by atoms with van der Waals surface area (Å²) in [6.45, 7) is 16.7. The van der Waals surface area contributed by atoms with E-state index < -0.39 is 60.5 Å². The van der Waals surface area contributed by atoms with Crippen molar-refractivity contribution in [2.24, 2.45) is 35.5 Å². The molecule has 13 unspecified atom stereocenters. The summed E-state index contributed by atoms with van der Waals surface area (Å²) in [6, 6.07) is 0. The van der Waals surface area contributed by atoms with Gasteiger partial charge in [-0.1, -0.05) is 101 Å². The second kappa shape index (κ2) is 21.5. The van der Waals surface area contributed by atoms with Gasteiger partial charge in [-0.3, -0.25) is 0 Å². The number of allylic oxidation sites excluding steroid dienone is 6. The zero-order chi connectivity index (χ0) is 36.7. The summed E-state index contributed by atoms with van der Waals surface area (Å²) >= 11 is 0. The number of rotatable bonds is 11. The highest BCUT2D eigenvalue weighted by Gasteiger charge is 2.38. The second-order valence-corrected chi connectivity index (χ2v) is 13.6. The van der Waals surface area contributed by atoms with Gasteiger partial charge in [0, 0.05) is 36.7 Å². The van der Waals surface area contributed by atoms with Gasteiger partial charge in [-0.2, -0.15) is 0 Å². The van der Waals surface area contributed by atoms with E-state index in [1.807, 2.05) is 53.7 Å². The normalized spacial score (nSPS) is 31.0.